The molecule has 1 aromatic heterocycles. The third kappa shape index (κ3) is 7.56. The number of nitrogens with zero attached hydrogens (tertiary/aromatic N) is 6. The lowest BCUT2D eigenvalue weighted by Crippen LogP contribution is -2.27. The summed E-state index contributed by atoms with van der Waals surface area (Å²) in [5.74, 6) is 1.91. The van der Waals surface area contributed by atoms with Gasteiger partial charge in [0, 0.05) is 29.6 Å². The molecule has 228 valence electrons. The van der Waals surface area contributed by atoms with Crippen LogP contribution in [0.5, 0.6) is 11.5 Å². The van der Waals surface area contributed by atoms with Crippen LogP contribution in [-0.2, 0) is 0 Å². The maximum Gasteiger partial charge on any atom is 0.573 e. The summed E-state index contributed by atoms with van der Waals surface area (Å²) in [5.41, 5.74) is 6.51. The van der Waals surface area contributed by atoms with E-state index in [-0.39, 0.29) is 11.7 Å². The van der Waals surface area contributed by atoms with Crippen molar-refractivity contribution < 1.29 is 27.4 Å². The topological polar surface area (TPSA) is 106 Å². The van der Waals surface area contributed by atoms with E-state index in [1.807, 2.05) is 23.1 Å². The Hall–Kier alpha value is -4.85. The summed E-state index contributed by atoms with van der Waals surface area (Å²) in [6, 6.07) is 17.8. The van der Waals surface area contributed by atoms with Gasteiger partial charge < -0.3 is 14.4 Å². The number of hydrogen-bond acceptors (Lipinski definition) is 7. The van der Waals surface area contributed by atoms with Gasteiger partial charge in [-0.1, -0.05) is 55.9 Å². The summed E-state index contributed by atoms with van der Waals surface area (Å²) in [4.78, 5) is 23.1. The number of carbonyl (C=O) groups is 1. The summed E-state index contributed by atoms with van der Waals surface area (Å²) in [6.45, 7) is 4.95. The smallest absolute Gasteiger partial charge is 0.497 e. The van der Waals surface area contributed by atoms with Crippen LogP contribution in [0.1, 0.15) is 30.9 Å². The van der Waals surface area contributed by atoms with Gasteiger partial charge in [0.15, 0.2) is 11.0 Å². The Morgan fingerprint density at radius 1 is 1.07 bits per heavy atom. The maximum atomic E-state index is 12.6. The molecule has 1 saturated heterocycles. The summed E-state index contributed by atoms with van der Waals surface area (Å²) in [7, 11) is 1.62. The minimum absolute atomic E-state index is 0.279. The van der Waals surface area contributed by atoms with Crippen molar-refractivity contribution in [3.05, 3.63) is 84.2 Å². The Morgan fingerprint density at radius 3 is 2.48 bits per heavy atom. The van der Waals surface area contributed by atoms with Gasteiger partial charge in [0.05, 0.1) is 19.0 Å². The van der Waals surface area contributed by atoms with Crippen molar-refractivity contribution in [3.63, 3.8) is 0 Å². The molecule has 1 N–H and O–H groups in total. The van der Waals surface area contributed by atoms with Gasteiger partial charge in [-0.2, -0.15) is 10.1 Å². The zero-order valence-electron chi connectivity index (χ0n) is 23.9. The van der Waals surface area contributed by atoms with Gasteiger partial charge in [-0.05, 0) is 47.4 Å². The number of urea groups is 1. The summed E-state index contributed by atoms with van der Waals surface area (Å²) in [6.07, 6.45) is -1.80. The fourth-order valence-corrected chi connectivity index (χ4v) is 5.35. The van der Waals surface area contributed by atoms with E-state index in [2.05, 4.69) is 44.2 Å². The number of amides is 2. The van der Waals surface area contributed by atoms with Crippen LogP contribution in [-0.4, -0.2) is 57.9 Å². The second-order valence-corrected chi connectivity index (χ2v) is 10.9. The minimum Gasteiger partial charge on any atom is -0.497 e. The van der Waals surface area contributed by atoms with Gasteiger partial charge in [0.1, 0.15) is 17.8 Å². The lowest BCUT2D eigenvalue weighted by Gasteiger charge is -2.23. The molecular weight excluding hydrogens is 595 g/mol. The number of methoxy groups -OCH3 is 1. The average Bonchev–Trinajstić information content (AvgIpc) is 3.67. The van der Waals surface area contributed by atoms with Crippen molar-refractivity contribution in [1.29, 1.82) is 0 Å². The zero-order chi connectivity index (χ0) is 31.3. The van der Waals surface area contributed by atoms with Gasteiger partial charge in [-0.25, -0.2) is 19.9 Å². The highest BCUT2D eigenvalue weighted by molar-refractivity contribution is 8.14. The van der Waals surface area contributed by atoms with Crippen molar-refractivity contribution >= 4 is 34.9 Å². The first-order valence-electron chi connectivity index (χ1n) is 13.5. The van der Waals surface area contributed by atoms with E-state index >= 15 is 0 Å². The molecule has 0 saturated carbocycles. The number of aromatic nitrogens is 3. The van der Waals surface area contributed by atoms with E-state index in [4.69, 9.17) is 4.74 Å². The summed E-state index contributed by atoms with van der Waals surface area (Å²) >= 11 is 1.50. The molecule has 1 aliphatic rings. The predicted molar refractivity (Wildman–Crippen MR) is 164 cm³/mol. The molecule has 10 nitrogen and oxygen atoms in total. The van der Waals surface area contributed by atoms with E-state index in [0.717, 1.165) is 34.9 Å². The molecule has 0 aliphatic carbocycles. The van der Waals surface area contributed by atoms with Crippen LogP contribution in [0.4, 0.5) is 23.7 Å². The minimum atomic E-state index is -4.76. The van der Waals surface area contributed by atoms with Gasteiger partial charge in [0.2, 0.25) is 0 Å². The van der Waals surface area contributed by atoms with Gasteiger partial charge in [-0.15, -0.1) is 18.3 Å². The molecule has 0 spiro atoms. The Morgan fingerprint density at radius 2 is 1.80 bits per heavy atom. The number of benzene rings is 3. The largest absolute Gasteiger partial charge is 0.573 e. The van der Waals surface area contributed by atoms with Gasteiger partial charge in [-0.3, -0.25) is 0 Å². The molecule has 4 aromatic rings. The highest BCUT2D eigenvalue weighted by Gasteiger charge is 2.31. The van der Waals surface area contributed by atoms with Crippen molar-refractivity contribution in [3.8, 4) is 28.6 Å². The van der Waals surface area contributed by atoms with Crippen molar-refractivity contribution in [2.75, 3.05) is 24.3 Å². The molecule has 0 radical (unpaired) electrons. The number of halogens is 3. The van der Waals surface area contributed by atoms with Crippen LogP contribution in [0.2, 0.25) is 0 Å². The Balaban J connectivity index is 1.20. The van der Waals surface area contributed by atoms with Gasteiger partial charge >= 0.3 is 12.4 Å². The first kappa shape index (κ1) is 30.6. The second kappa shape index (κ2) is 13.2. The van der Waals surface area contributed by atoms with E-state index in [1.165, 1.54) is 53.3 Å². The number of ether oxygens (including phenoxy) is 2. The number of nitrogens with one attached hydrogen (secondary N) is 1. The molecule has 14 heteroatoms. The lowest BCUT2D eigenvalue weighted by molar-refractivity contribution is -0.274. The third-order valence-electron chi connectivity index (χ3n) is 6.49. The van der Waals surface area contributed by atoms with E-state index in [1.54, 1.807) is 31.4 Å². The number of carbonyl (C=O) groups excluding carboxylic acids is 1. The van der Waals surface area contributed by atoms with Crippen LogP contribution in [0, 0.1) is 0 Å². The molecule has 2 amide bonds. The number of hydrogen-bond donors (Lipinski definition) is 1. The highest BCUT2D eigenvalue weighted by atomic mass is 32.2. The van der Waals surface area contributed by atoms with Crippen molar-refractivity contribution in [2.24, 2.45) is 10.1 Å². The third-order valence-corrected chi connectivity index (χ3v) is 7.45. The van der Waals surface area contributed by atoms with Crippen LogP contribution in [0.25, 0.3) is 17.1 Å². The SMILES string of the molecule is COc1ccc(C(C)C)c(N2CCSC2=NC(=O)N/N=C/c2ccc(-c3ncn(-c4ccc(OC(F)(F)F)cc4)n3)cc2)c1. The monoisotopic (exact) mass is 623 g/mol. The van der Waals surface area contributed by atoms with Crippen molar-refractivity contribution in [2.45, 2.75) is 26.1 Å². The summed E-state index contributed by atoms with van der Waals surface area (Å²) < 4.78 is 47.9. The number of anilines is 1. The molecule has 3 aromatic carbocycles. The second-order valence-electron chi connectivity index (χ2n) is 9.83. The Kier molecular flexibility index (Phi) is 9.18. The van der Waals surface area contributed by atoms with E-state index in [9.17, 15) is 18.0 Å². The molecule has 0 bridgehead atoms. The van der Waals surface area contributed by atoms with Gasteiger partial charge in [0.25, 0.3) is 0 Å². The number of thioether (sulfide) groups is 1. The zero-order valence-corrected chi connectivity index (χ0v) is 24.8. The first-order chi connectivity index (χ1) is 21.1. The molecule has 0 unspecified atom stereocenters. The van der Waals surface area contributed by atoms with Crippen LogP contribution >= 0.6 is 11.8 Å². The number of rotatable bonds is 8. The highest BCUT2D eigenvalue weighted by Crippen LogP contribution is 2.35. The molecule has 1 fully saturated rings. The van der Waals surface area contributed by atoms with Crippen LogP contribution in [0.15, 0.2) is 83.2 Å². The van der Waals surface area contributed by atoms with Crippen molar-refractivity contribution in [1.82, 2.24) is 20.2 Å². The molecular formula is C30H28F3N7O3S. The van der Waals surface area contributed by atoms with E-state index in [0.29, 0.717) is 22.2 Å². The molecule has 0 atom stereocenters. The number of aliphatic imine (C=N–C) groups is 1. The normalized spacial score (nSPS) is 14.5. The maximum absolute atomic E-state index is 12.6. The number of amidine groups is 1. The Labute approximate surface area is 255 Å². The molecule has 2 heterocycles. The van der Waals surface area contributed by atoms with E-state index < -0.39 is 12.4 Å². The quantitative estimate of drug-likeness (QED) is 0.174. The average molecular weight is 624 g/mol. The Bertz CT molecular complexity index is 1670. The molecule has 44 heavy (non-hydrogen) atoms. The molecule has 5 rings (SSSR count). The summed E-state index contributed by atoms with van der Waals surface area (Å²) in [5, 5.41) is 9.02. The number of alkyl halides is 3. The van der Waals surface area contributed by atoms with Crippen LogP contribution < -0.4 is 19.8 Å². The molecule has 1 aliphatic heterocycles. The fourth-order valence-electron chi connectivity index (χ4n) is 4.40. The first-order valence-corrected chi connectivity index (χ1v) is 14.5. The predicted octanol–water partition coefficient (Wildman–Crippen LogP) is 6.62. The fraction of sp³-hybridized carbons (Fsp3) is 0.233. The standard InChI is InChI=1S/C30H28F3N7O3S/c1-19(2)25-13-12-24(42-3)16-26(25)39-14-15-44-29(39)36-28(41)37-35-17-20-4-6-21(7-5-20)27-34-18-40(38-27)22-8-10-23(11-9-22)43-30(31,32)33/h4-13,16-19H,14-15H2,1-3H3,(H,37,41)/b35-17+,36-29?. The lowest BCUT2D eigenvalue weighted by atomic mass is 10.00. The van der Waals surface area contributed by atoms with Crippen LogP contribution in [0.3, 0.4) is 0 Å². The number of hydrazone groups is 1.